The number of rotatable bonds is 4. The molecule has 1 N–H and O–H groups in total. The fourth-order valence-electron chi connectivity index (χ4n) is 2.13. The molecule has 0 saturated carbocycles. The van der Waals surface area contributed by atoms with Gasteiger partial charge in [0.15, 0.2) is 0 Å². The van der Waals surface area contributed by atoms with Crippen LogP contribution in [0.15, 0.2) is 30.3 Å². The molecule has 0 saturated heterocycles. The molecule has 1 aromatic carbocycles. The van der Waals surface area contributed by atoms with Gasteiger partial charge in [-0.05, 0) is 32.4 Å². The van der Waals surface area contributed by atoms with E-state index in [-0.39, 0.29) is 0 Å². The largest absolute Gasteiger partial charge is 0.478 e. The highest BCUT2D eigenvalue weighted by atomic mass is 16.4. The van der Waals surface area contributed by atoms with Gasteiger partial charge >= 0.3 is 5.97 Å². The molecule has 0 unspecified atom stereocenters. The van der Waals surface area contributed by atoms with Crippen LogP contribution in [-0.4, -0.2) is 20.9 Å². The highest BCUT2D eigenvalue weighted by Gasteiger charge is 2.09. The van der Waals surface area contributed by atoms with E-state index in [1.165, 1.54) is 11.1 Å². The number of nitrogens with zero attached hydrogens (tertiary/aromatic N) is 2. The van der Waals surface area contributed by atoms with Crippen molar-refractivity contribution in [3.8, 4) is 0 Å². The van der Waals surface area contributed by atoms with Gasteiger partial charge in [-0.1, -0.05) is 29.8 Å². The predicted octanol–water partition coefficient (Wildman–Crippen LogP) is 2.95. The first-order chi connectivity index (χ1) is 9.47. The summed E-state index contributed by atoms with van der Waals surface area (Å²) in [5.41, 5.74) is 5.09. The fraction of sp³-hybridized carbons (Fsp3) is 0.250. The summed E-state index contributed by atoms with van der Waals surface area (Å²) in [4.78, 5) is 10.6. The van der Waals surface area contributed by atoms with Crippen LogP contribution in [-0.2, 0) is 11.3 Å². The van der Waals surface area contributed by atoms with E-state index in [9.17, 15) is 4.79 Å². The van der Waals surface area contributed by atoms with Gasteiger partial charge < -0.3 is 5.11 Å². The lowest BCUT2D eigenvalue weighted by Crippen LogP contribution is -2.04. The average Bonchev–Trinajstić information content (AvgIpc) is 2.65. The van der Waals surface area contributed by atoms with Gasteiger partial charge in [-0.25, -0.2) is 4.79 Å². The van der Waals surface area contributed by atoms with E-state index in [2.05, 4.69) is 36.3 Å². The van der Waals surface area contributed by atoms with Crippen molar-refractivity contribution in [1.29, 1.82) is 0 Å². The molecular formula is C16H18N2O2. The molecule has 0 aliphatic rings. The van der Waals surface area contributed by atoms with E-state index < -0.39 is 5.97 Å². The molecule has 1 heterocycles. The van der Waals surface area contributed by atoms with E-state index in [4.69, 9.17) is 5.11 Å². The Bertz CT molecular complexity index is 652. The molecule has 0 spiro atoms. The smallest absolute Gasteiger partial charge is 0.328 e. The van der Waals surface area contributed by atoms with Crippen LogP contribution >= 0.6 is 0 Å². The second-order valence-electron chi connectivity index (χ2n) is 4.90. The third kappa shape index (κ3) is 3.15. The van der Waals surface area contributed by atoms with Crippen LogP contribution in [0.5, 0.6) is 0 Å². The molecular weight excluding hydrogens is 252 g/mol. The SMILES string of the molecule is Cc1ccc(Cn2nc(C)c(/C=C\C(=O)O)c2C)cc1. The Morgan fingerprint density at radius 1 is 1.25 bits per heavy atom. The monoisotopic (exact) mass is 270 g/mol. The van der Waals surface area contributed by atoms with Gasteiger partial charge in [0.1, 0.15) is 0 Å². The normalized spacial score (nSPS) is 11.2. The van der Waals surface area contributed by atoms with E-state index in [0.717, 1.165) is 23.0 Å². The number of carboxylic acid groups (broad SMARTS) is 1. The Balaban J connectivity index is 2.27. The Kier molecular flexibility index (Phi) is 4.03. The summed E-state index contributed by atoms with van der Waals surface area (Å²) in [7, 11) is 0. The number of aliphatic carboxylic acids is 1. The molecule has 2 aromatic rings. The molecule has 0 atom stereocenters. The number of hydrogen-bond donors (Lipinski definition) is 1. The molecule has 104 valence electrons. The van der Waals surface area contributed by atoms with Gasteiger partial charge in [0, 0.05) is 17.3 Å². The number of carbonyl (C=O) groups is 1. The Morgan fingerprint density at radius 2 is 1.90 bits per heavy atom. The van der Waals surface area contributed by atoms with E-state index in [1.807, 2.05) is 18.5 Å². The van der Waals surface area contributed by atoms with Crippen LogP contribution in [0.25, 0.3) is 6.08 Å². The molecule has 0 aliphatic carbocycles. The number of benzene rings is 1. The lowest BCUT2D eigenvalue weighted by atomic mass is 10.1. The second kappa shape index (κ2) is 5.74. The van der Waals surface area contributed by atoms with E-state index in [0.29, 0.717) is 6.54 Å². The van der Waals surface area contributed by atoms with Crippen molar-refractivity contribution in [2.45, 2.75) is 27.3 Å². The summed E-state index contributed by atoms with van der Waals surface area (Å²) in [6, 6.07) is 8.32. The van der Waals surface area contributed by atoms with E-state index >= 15 is 0 Å². The Morgan fingerprint density at radius 3 is 2.50 bits per heavy atom. The van der Waals surface area contributed by atoms with Crippen molar-refractivity contribution in [3.63, 3.8) is 0 Å². The van der Waals surface area contributed by atoms with Gasteiger partial charge in [0.25, 0.3) is 0 Å². The summed E-state index contributed by atoms with van der Waals surface area (Å²) in [6.07, 6.45) is 2.75. The Hall–Kier alpha value is -2.36. The number of aromatic nitrogens is 2. The first-order valence-electron chi connectivity index (χ1n) is 6.48. The van der Waals surface area contributed by atoms with Crippen molar-refractivity contribution in [2.75, 3.05) is 0 Å². The zero-order valence-corrected chi connectivity index (χ0v) is 11.9. The van der Waals surface area contributed by atoms with Crippen molar-refractivity contribution in [2.24, 2.45) is 0 Å². The van der Waals surface area contributed by atoms with E-state index in [1.54, 1.807) is 6.08 Å². The minimum Gasteiger partial charge on any atom is -0.478 e. The van der Waals surface area contributed by atoms with Crippen molar-refractivity contribution in [1.82, 2.24) is 9.78 Å². The third-order valence-electron chi connectivity index (χ3n) is 3.28. The van der Waals surface area contributed by atoms with Crippen molar-refractivity contribution in [3.05, 3.63) is 58.4 Å². The van der Waals surface area contributed by atoms with Gasteiger partial charge in [-0.3, -0.25) is 4.68 Å². The minimum atomic E-state index is -0.949. The zero-order valence-electron chi connectivity index (χ0n) is 11.9. The predicted molar refractivity (Wildman–Crippen MR) is 78.7 cm³/mol. The molecule has 4 nitrogen and oxygen atoms in total. The number of aryl methyl sites for hydroxylation is 2. The summed E-state index contributed by atoms with van der Waals surface area (Å²) in [6.45, 7) is 6.59. The van der Waals surface area contributed by atoms with Crippen LogP contribution in [0.3, 0.4) is 0 Å². The Labute approximate surface area is 118 Å². The first kappa shape index (κ1) is 14.1. The molecule has 2 rings (SSSR count). The van der Waals surface area contributed by atoms with Crippen LogP contribution in [0.1, 0.15) is 28.1 Å². The van der Waals surface area contributed by atoms with Gasteiger partial charge in [0.05, 0.1) is 12.2 Å². The average molecular weight is 270 g/mol. The molecule has 0 radical (unpaired) electrons. The van der Waals surface area contributed by atoms with Crippen molar-refractivity contribution >= 4 is 12.0 Å². The van der Waals surface area contributed by atoms with Gasteiger partial charge in [-0.2, -0.15) is 5.10 Å². The topological polar surface area (TPSA) is 55.1 Å². The van der Waals surface area contributed by atoms with Crippen molar-refractivity contribution < 1.29 is 9.90 Å². The summed E-state index contributed by atoms with van der Waals surface area (Å²) in [5.74, 6) is -0.949. The van der Waals surface area contributed by atoms with Crippen LogP contribution in [0.4, 0.5) is 0 Å². The van der Waals surface area contributed by atoms with Crippen LogP contribution in [0.2, 0.25) is 0 Å². The lowest BCUT2D eigenvalue weighted by molar-refractivity contribution is -0.131. The molecule has 4 heteroatoms. The standard InChI is InChI=1S/C16H18N2O2/c1-11-4-6-14(7-5-11)10-18-13(3)15(12(2)17-18)8-9-16(19)20/h4-9H,10H2,1-3H3,(H,19,20)/b9-8-. The second-order valence-corrected chi connectivity index (χ2v) is 4.90. The molecule has 20 heavy (non-hydrogen) atoms. The maximum atomic E-state index is 10.6. The third-order valence-corrected chi connectivity index (χ3v) is 3.28. The molecule has 0 fully saturated rings. The summed E-state index contributed by atoms with van der Waals surface area (Å²) in [5, 5.41) is 13.2. The number of carboxylic acids is 1. The first-order valence-corrected chi connectivity index (χ1v) is 6.48. The molecule has 0 aliphatic heterocycles. The fourth-order valence-corrected chi connectivity index (χ4v) is 2.13. The molecule has 0 amide bonds. The summed E-state index contributed by atoms with van der Waals surface area (Å²) < 4.78 is 1.90. The molecule has 0 bridgehead atoms. The summed E-state index contributed by atoms with van der Waals surface area (Å²) >= 11 is 0. The van der Waals surface area contributed by atoms with Gasteiger partial charge in [-0.15, -0.1) is 0 Å². The van der Waals surface area contributed by atoms with Crippen LogP contribution < -0.4 is 0 Å². The quantitative estimate of drug-likeness (QED) is 0.869. The maximum Gasteiger partial charge on any atom is 0.328 e. The minimum absolute atomic E-state index is 0.688. The zero-order chi connectivity index (χ0) is 14.7. The van der Waals surface area contributed by atoms with Gasteiger partial charge in [0.2, 0.25) is 0 Å². The maximum absolute atomic E-state index is 10.6. The number of hydrogen-bond acceptors (Lipinski definition) is 2. The highest BCUT2D eigenvalue weighted by molar-refractivity contribution is 5.85. The van der Waals surface area contributed by atoms with Crippen LogP contribution in [0, 0.1) is 20.8 Å². The highest BCUT2D eigenvalue weighted by Crippen LogP contribution is 2.16. The molecule has 1 aromatic heterocycles. The lowest BCUT2D eigenvalue weighted by Gasteiger charge is -2.05.